The number of amides is 1. The monoisotopic (exact) mass is 286 g/mol. The third kappa shape index (κ3) is 5.06. The summed E-state index contributed by atoms with van der Waals surface area (Å²) in [7, 11) is 3.76. The predicted molar refractivity (Wildman–Crippen MR) is 83.0 cm³/mol. The summed E-state index contributed by atoms with van der Waals surface area (Å²) in [4.78, 5) is 25.4. The first-order valence-electron chi connectivity index (χ1n) is 7.32. The molecule has 0 aliphatic heterocycles. The number of nitrogens with one attached hydrogen (secondary N) is 1. The van der Waals surface area contributed by atoms with Gasteiger partial charge in [0.15, 0.2) is 5.78 Å². The normalized spacial score (nSPS) is 14.2. The van der Waals surface area contributed by atoms with Crippen LogP contribution in [0.3, 0.4) is 0 Å². The molecule has 21 heavy (non-hydrogen) atoms. The fourth-order valence-corrected chi connectivity index (χ4v) is 2.01. The maximum absolute atomic E-state index is 12.0. The van der Waals surface area contributed by atoms with Gasteiger partial charge < -0.3 is 10.2 Å². The van der Waals surface area contributed by atoms with E-state index in [1.165, 1.54) is 0 Å². The average molecular weight is 286 g/mol. The number of carbonyl (C=O) groups is 2. The molecule has 0 saturated heterocycles. The molecule has 0 radical (unpaired) electrons. The second-order valence-corrected chi connectivity index (χ2v) is 5.66. The summed E-state index contributed by atoms with van der Waals surface area (Å²) < 4.78 is 0. The van der Waals surface area contributed by atoms with E-state index < -0.39 is 0 Å². The molecule has 1 amide bonds. The molecule has 1 aromatic carbocycles. The minimum absolute atomic E-state index is 0.00688. The van der Waals surface area contributed by atoms with Crippen LogP contribution in [-0.4, -0.2) is 37.2 Å². The van der Waals surface area contributed by atoms with E-state index in [-0.39, 0.29) is 17.6 Å². The molecule has 0 heterocycles. The first kappa shape index (κ1) is 15.3. The maximum Gasteiger partial charge on any atom is 0.223 e. The second-order valence-electron chi connectivity index (χ2n) is 5.66. The third-order valence-corrected chi connectivity index (χ3v) is 3.40. The lowest BCUT2D eigenvalue weighted by molar-refractivity contribution is -0.122. The van der Waals surface area contributed by atoms with Crippen molar-refractivity contribution in [1.29, 1.82) is 0 Å². The average Bonchev–Trinajstić information content (AvgIpc) is 3.29. The minimum Gasteiger partial charge on any atom is -0.383 e. The first-order chi connectivity index (χ1) is 10.1. The molecule has 1 aliphatic carbocycles. The van der Waals surface area contributed by atoms with Gasteiger partial charge in [-0.1, -0.05) is 18.2 Å². The SMILES string of the molecule is CN(C)C=CC(=O)c1cccc(CCNC(=O)C2CC2)c1. The summed E-state index contributed by atoms with van der Waals surface area (Å²) in [5.41, 5.74) is 1.74. The number of rotatable bonds is 7. The topological polar surface area (TPSA) is 49.4 Å². The van der Waals surface area contributed by atoms with Crippen molar-refractivity contribution in [3.05, 3.63) is 47.7 Å². The molecule has 1 saturated carbocycles. The van der Waals surface area contributed by atoms with Crippen LogP contribution in [0.15, 0.2) is 36.5 Å². The summed E-state index contributed by atoms with van der Waals surface area (Å²) in [6.07, 6.45) is 6.10. The van der Waals surface area contributed by atoms with Crippen molar-refractivity contribution in [2.45, 2.75) is 19.3 Å². The number of allylic oxidation sites excluding steroid dienone is 1. The van der Waals surface area contributed by atoms with Crippen molar-refractivity contribution >= 4 is 11.7 Å². The van der Waals surface area contributed by atoms with Gasteiger partial charge in [0.1, 0.15) is 0 Å². The van der Waals surface area contributed by atoms with E-state index >= 15 is 0 Å². The molecule has 4 nitrogen and oxygen atoms in total. The van der Waals surface area contributed by atoms with E-state index in [1.807, 2.05) is 43.3 Å². The Morgan fingerprint density at radius 3 is 2.76 bits per heavy atom. The molecule has 0 bridgehead atoms. The molecular weight excluding hydrogens is 264 g/mol. The third-order valence-electron chi connectivity index (χ3n) is 3.40. The molecule has 4 heteroatoms. The quantitative estimate of drug-likeness (QED) is 0.616. The van der Waals surface area contributed by atoms with Crippen LogP contribution in [0.5, 0.6) is 0 Å². The molecule has 0 spiro atoms. The molecule has 1 aromatic rings. The van der Waals surface area contributed by atoms with E-state index in [0.29, 0.717) is 12.1 Å². The highest BCUT2D eigenvalue weighted by atomic mass is 16.2. The molecule has 2 rings (SSSR count). The fourth-order valence-electron chi connectivity index (χ4n) is 2.01. The molecule has 1 fully saturated rings. The molecule has 0 aromatic heterocycles. The van der Waals surface area contributed by atoms with Gasteiger partial charge in [0.2, 0.25) is 5.91 Å². The molecule has 0 unspecified atom stereocenters. The van der Waals surface area contributed by atoms with Gasteiger partial charge >= 0.3 is 0 Å². The van der Waals surface area contributed by atoms with Crippen LogP contribution in [0.1, 0.15) is 28.8 Å². The Balaban J connectivity index is 1.87. The molecule has 112 valence electrons. The molecule has 1 N–H and O–H groups in total. The van der Waals surface area contributed by atoms with Crippen molar-refractivity contribution in [2.75, 3.05) is 20.6 Å². The minimum atomic E-state index is -0.00688. The second kappa shape index (κ2) is 7.07. The lowest BCUT2D eigenvalue weighted by Crippen LogP contribution is -2.26. The van der Waals surface area contributed by atoms with Crippen LogP contribution in [-0.2, 0) is 11.2 Å². The van der Waals surface area contributed by atoms with Crippen molar-refractivity contribution < 1.29 is 9.59 Å². The van der Waals surface area contributed by atoms with E-state index in [1.54, 1.807) is 12.3 Å². The summed E-state index contributed by atoms with van der Waals surface area (Å²) in [5, 5.41) is 2.94. The number of benzene rings is 1. The van der Waals surface area contributed by atoms with Crippen molar-refractivity contribution in [3.8, 4) is 0 Å². The Bertz CT molecular complexity index is 545. The van der Waals surface area contributed by atoms with Crippen LogP contribution < -0.4 is 5.32 Å². The van der Waals surface area contributed by atoms with Gasteiger partial charge in [-0.25, -0.2) is 0 Å². The summed E-state index contributed by atoms with van der Waals surface area (Å²) in [5.74, 6) is 0.401. The van der Waals surface area contributed by atoms with Crippen LogP contribution in [0.25, 0.3) is 0 Å². The van der Waals surface area contributed by atoms with Gasteiger partial charge in [0.25, 0.3) is 0 Å². The number of ketones is 1. The highest BCUT2D eigenvalue weighted by molar-refractivity contribution is 6.04. The number of nitrogens with zero attached hydrogens (tertiary/aromatic N) is 1. The largest absolute Gasteiger partial charge is 0.383 e. The Morgan fingerprint density at radius 2 is 2.10 bits per heavy atom. The molecule has 1 aliphatic rings. The smallest absolute Gasteiger partial charge is 0.223 e. The lowest BCUT2D eigenvalue weighted by Gasteiger charge is -2.06. The zero-order chi connectivity index (χ0) is 15.2. The van der Waals surface area contributed by atoms with Crippen LogP contribution in [0.4, 0.5) is 0 Å². The van der Waals surface area contributed by atoms with Gasteiger partial charge in [-0.05, 0) is 30.9 Å². The standard InChI is InChI=1S/C17H22N2O2/c1-19(2)11-9-16(20)15-5-3-4-13(12-15)8-10-18-17(21)14-6-7-14/h3-5,9,11-12,14H,6-8,10H2,1-2H3,(H,18,21). The van der Waals surface area contributed by atoms with Crippen LogP contribution >= 0.6 is 0 Å². The summed E-state index contributed by atoms with van der Waals surface area (Å²) in [6.45, 7) is 0.626. The Morgan fingerprint density at radius 1 is 1.33 bits per heavy atom. The number of hydrogen-bond donors (Lipinski definition) is 1. The lowest BCUT2D eigenvalue weighted by atomic mass is 10.0. The Labute approximate surface area is 125 Å². The maximum atomic E-state index is 12.0. The summed E-state index contributed by atoms with van der Waals surface area (Å²) >= 11 is 0. The van der Waals surface area contributed by atoms with E-state index in [9.17, 15) is 9.59 Å². The highest BCUT2D eigenvalue weighted by Crippen LogP contribution is 2.28. The first-order valence-corrected chi connectivity index (χ1v) is 7.32. The van der Waals surface area contributed by atoms with Gasteiger partial charge in [-0.15, -0.1) is 0 Å². The predicted octanol–water partition coefficient (Wildman–Crippen LogP) is 2.01. The van der Waals surface area contributed by atoms with Crippen molar-refractivity contribution in [2.24, 2.45) is 5.92 Å². The highest BCUT2D eigenvalue weighted by Gasteiger charge is 2.28. The van der Waals surface area contributed by atoms with Crippen LogP contribution in [0.2, 0.25) is 0 Å². The zero-order valence-electron chi connectivity index (χ0n) is 12.6. The zero-order valence-corrected chi connectivity index (χ0v) is 12.6. The Kier molecular flexibility index (Phi) is 5.14. The van der Waals surface area contributed by atoms with Gasteiger partial charge in [-0.2, -0.15) is 0 Å². The number of hydrogen-bond acceptors (Lipinski definition) is 3. The number of carbonyl (C=O) groups excluding carboxylic acids is 2. The van der Waals surface area contributed by atoms with Gasteiger partial charge in [0.05, 0.1) is 0 Å². The van der Waals surface area contributed by atoms with Crippen molar-refractivity contribution in [3.63, 3.8) is 0 Å². The van der Waals surface area contributed by atoms with Gasteiger partial charge in [0, 0.05) is 44.4 Å². The fraction of sp³-hybridized carbons (Fsp3) is 0.412. The van der Waals surface area contributed by atoms with Crippen molar-refractivity contribution in [1.82, 2.24) is 10.2 Å². The van der Waals surface area contributed by atoms with E-state index in [4.69, 9.17) is 0 Å². The van der Waals surface area contributed by atoms with E-state index in [2.05, 4.69) is 5.32 Å². The summed E-state index contributed by atoms with van der Waals surface area (Å²) in [6, 6.07) is 7.57. The van der Waals surface area contributed by atoms with E-state index in [0.717, 1.165) is 24.8 Å². The Hall–Kier alpha value is -2.10. The molecular formula is C17H22N2O2. The van der Waals surface area contributed by atoms with Crippen LogP contribution in [0, 0.1) is 5.92 Å². The molecule has 0 atom stereocenters. The van der Waals surface area contributed by atoms with Gasteiger partial charge in [-0.3, -0.25) is 9.59 Å².